The van der Waals surface area contributed by atoms with Crippen LogP contribution in [0.4, 0.5) is 0 Å². The van der Waals surface area contributed by atoms with Crippen LogP contribution in [-0.4, -0.2) is 37.1 Å². The van der Waals surface area contributed by atoms with Crippen molar-refractivity contribution in [2.45, 2.75) is 18.9 Å². The summed E-state index contributed by atoms with van der Waals surface area (Å²) in [6, 6.07) is 2.32. The topological polar surface area (TPSA) is 29.5 Å². The standard InChI is InChI=1S/C11H14BrNO2S/c1-15-5-4-13(9-2-3-9)11(14)8-6-10(12)16-7-8/h6-7,9H,2-5H2,1H3. The van der Waals surface area contributed by atoms with Crippen molar-refractivity contribution in [1.29, 1.82) is 0 Å². The highest BCUT2D eigenvalue weighted by Gasteiger charge is 2.32. The fourth-order valence-electron chi connectivity index (χ4n) is 1.61. The molecule has 16 heavy (non-hydrogen) atoms. The Morgan fingerprint density at radius 2 is 2.44 bits per heavy atom. The number of carbonyl (C=O) groups is 1. The summed E-state index contributed by atoms with van der Waals surface area (Å²) in [6.07, 6.45) is 2.25. The molecule has 0 unspecified atom stereocenters. The number of hydrogen-bond acceptors (Lipinski definition) is 3. The third kappa shape index (κ3) is 2.84. The van der Waals surface area contributed by atoms with E-state index in [0.29, 0.717) is 19.2 Å². The molecule has 1 fully saturated rings. The number of rotatable bonds is 5. The minimum atomic E-state index is 0.126. The van der Waals surface area contributed by atoms with E-state index in [2.05, 4.69) is 15.9 Å². The second-order valence-electron chi connectivity index (χ2n) is 3.86. The number of nitrogens with zero attached hydrogens (tertiary/aromatic N) is 1. The van der Waals surface area contributed by atoms with Crippen molar-refractivity contribution in [1.82, 2.24) is 4.90 Å². The molecule has 1 saturated carbocycles. The Balaban J connectivity index is 2.04. The minimum Gasteiger partial charge on any atom is -0.383 e. The molecular formula is C11H14BrNO2S. The number of methoxy groups -OCH3 is 1. The van der Waals surface area contributed by atoms with E-state index in [-0.39, 0.29) is 5.91 Å². The van der Waals surface area contributed by atoms with Crippen molar-refractivity contribution >= 4 is 33.2 Å². The van der Waals surface area contributed by atoms with Gasteiger partial charge in [-0.1, -0.05) is 0 Å². The summed E-state index contributed by atoms with van der Waals surface area (Å²) in [6.45, 7) is 1.29. The Kier molecular flexibility index (Phi) is 4.00. The molecule has 5 heteroatoms. The highest BCUT2D eigenvalue weighted by molar-refractivity contribution is 9.11. The molecule has 1 aromatic rings. The predicted octanol–water partition coefficient (Wildman–Crippen LogP) is 2.76. The SMILES string of the molecule is COCCN(C(=O)c1csc(Br)c1)C1CC1. The number of thiophene rings is 1. The normalized spacial score (nSPS) is 15.1. The van der Waals surface area contributed by atoms with Gasteiger partial charge in [0.2, 0.25) is 0 Å². The number of carbonyl (C=O) groups excluding carboxylic acids is 1. The largest absolute Gasteiger partial charge is 0.383 e. The van der Waals surface area contributed by atoms with Crippen LogP contribution in [0, 0.1) is 0 Å². The van der Waals surface area contributed by atoms with Crippen LogP contribution in [0.5, 0.6) is 0 Å². The predicted molar refractivity (Wildman–Crippen MR) is 68.0 cm³/mol. The monoisotopic (exact) mass is 303 g/mol. The second kappa shape index (κ2) is 5.29. The summed E-state index contributed by atoms with van der Waals surface area (Å²) >= 11 is 4.92. The second-order valence-corrected chi connectivity index (χ2v) is 6.15. The van der Waals surface area contributed by atoms with Crippen LogP contribution in [0.1, 0.15) is 23.2 Å². The van der Waals surface area contributed by atoms with E-state index < -0.39 is 0 Å². The highest BCUT2D eigenvalue weighted by Crippen LogP contribution is 2.29. The molecule has 88 valence electrons. The fraction of sp³-hybridized carbons (Fsp3) is 0.545. The highest BCUT2D eigenvalue weighted by atomic mass is 79.9. The van der Waals surface area contributed by atoms with E-state index in [4.69, 9.17) is 4.74 Å². The number of halogens is 1. The first kappa shape index (κ1) is 12.1. The van der Waals surface area contributed by atoms with Crippen molar-refractivity contribution in [3.63, 3.8) is 0 Å². The zero-order chi connectivity index (χ0) is 11.5. The van der Waals surface area contributed by atoms with Gasteiger partial charge in [0.15, 0.2) is 0 Å². The number of ether oxygens (including phenoxy) is 1. The van der Waals surface area contributed by atoms with Gasteiger partial charge in [0.05, 0.1) is 16.0 Å². The van der Waals surface area contributed by atoms with Crippen molar-refractivity contribution in [3.05, 3.63) is 20.8 Å². The first-order valence-electron chi connectivity index (χ1n) is 5.26. The van der Waals surface area contributed by atoms with Crippen molar-refractivity contribution in [2.24, 2.45) is 0 Å². The maximum Gasteiger partial charge on any atom is 0.255 e. The molecular weight excluding hydrogens is 290 g/mol. The smallest absolute Gasteiger partial charge is 0.255 e. The Labute approximate surface area is 108 Å². The summed E-state index contributed by atoms with van der Waals surface area (Å²) in [7, 11) is 1.66. The van der Waals surface area contributed by atoms with Gasteiger partial charge in [0.25, 0.3) is 5.91 Å². The van der Waals surface area contributed by atoms with E-state index in [9.17, 15) is 4.79 Å². The van der Waals surface area contributed by atoms with Gasteiger partial charge >= 0.3 is 0 Å². The fourth-order valence-corrected chi connectivity index (χ4v) is 2.74. The molecule has 0 spiro atoms. The van der Waals surface area contributed by atoms with Gasteiger partial charge in [-0.05, 0) is 34.8 Å². The van der Waals surface area contributed by atoms with Crippen LogP contribution in [0.2, 0.25) is 0 Å². The third-order valence-corrected chi connectivity index (χ3v) is 4.10. The molecule has 0 bridgehead atoms. The van der Waals surface area contributed by atoms with Crippen molar-refractivity contribution < 1.29 is 9.53 Å². The van der Waals surface area contributed by atoms with Crippen molar-refractivity contribution in [2.75, 3.05) is 20.3 Å². The van der Waals surface area contributed by atoms with E-state index in [1.807, 2.05) is 16.3 Å². The first-order chi connectivity index (χ1) is 7.72. The van der Waals surface area contributed by atoms with Gasteiger partial charge in [0.1, 0.15) is 0 Å². The summed E-state index contributed by atoms with van der Waals surface area (Å²) in [5.74, 6) is 0.126. The van der Waals surface area contributed by atoms with E-state index >= 15 is 0 Å². The molecule has 0 aliphatic heterocycles. The maximum absolute atomic E-state index is 12.2. The first-order valence-corrected chi connectivity index (χ1v) is 6.93. The summed E-state index contributed by atoms with van der Waals surface area (Å²) < 4.78 is 6.04. The van der Waals surface area contributed by atoms with Crippen molar-refractivity contribution in [3.8, 4) is 0 Å². The molecule has 1 aliphatic carbocycles. The zero-order valence-corrected chi connectivity index (χ0v) is 11.5. The minimum absolute atomic E-state index is 0.126. The maximum atomic E-state index is 12.2. The molecule has 1 amide bonds. The zero-order valence-electron chi connectivity index (χ0n) is 9.11. The quantitative estimate of drug-likeness (QED) is 0.837. The average molecular weight is 304 g/mol. The van der Waals surface area contributed by atoms with Crippen LogP contribution < -0.4 is 0 Å². The number of hydrogen-bond donors (Lipinski definition) is 0. The molecule has 1 heterocycles. The molecule has 3 nitrogen and oxygen atoms in total. The van der Waals surface area contributed by atoms with Gasteiger partial charge in [-0.15, -0.1) is 11.3 Å². The Morgan fingerprint density at radius 3 is 2.94 bits per heavy atom. The molecule has 0 aromatic carbocycles. The van der Waals surface area contributed by atoms with Gasteiger partial charge in [-0.2, -0.15) is 0 Å². The number of amides is 1. The summed E-state index contributed by atoms with van der Waals surface area (Å²) in [5, 5.41) is 1.90. The molecule has 0 atom stereocenters. The lowest BCUT2D eigenvalue weighted by molar-refractivity contribution is 0.0680. The molecule has 0 saturated heterocycles. The van der Waals surface area contributed by atoms with Crippen LogP contribution in [-0.2, 0) is 4.74 Å². The van der Waals surface area contributed by atoms with Gasteiger partial charge in [-0.25, -0.2) is 0 Å². The van der Waals surface area contributed by atoms with Gasteiger partial charge < -0.3 is 9.64 Å². The molecule has 1 aromatic heterocycles. The van der Waals surface area contributed by atoms with Crippen LogP contribution in [0.3, 0.4) is 0 Å². The average Bonchev–Trinajstić information content (AvgIpc) is 3.01. The summed E-state index contributed by atoms with van der Waals surface area (Å²) in [4.78, 5) is 14.1. The van der Waals surface area contributed by atoms with Gasteiger partial charge in [-0.3, -0.25) is 4.79 Å². The Bertz CT molecular complexity index is 376. The van der Waals surface area contributed by atoms with E-state index in [1.54, 1.807) is 18.4 Å². The lowest BCUT2D eigenvalue weighted by Gasteiger charge is -2.21. The Morgan fingerprint density at radius 1 is 1.69 bits per heavy atom. The van der Waals surface area contributed by atoms with E-state index in [1.165, 1.54) is 0 Å². The summed E-state index contributed by atoms with van der Waals surface area (Å²) in [5.41, 5.74) is 0.778. The molecule has 1 aliphatic rings. The molecule has 0 N–H and O–H groups in total. The Hall–Kier alpha value is -0.390. The third-order valence-electron chi connectivity index (χ3n) is 2.60. The van der Waals surface area contributed by atoms with Crippen LogP contribution in [0.25, 0.3) is 0 Å². The lowest BCUT2D eigenvalue weighted by Crippen LogP contribution is -2.35. The molecule has 2 rings (SSSR count). The van der Waals surface area contributed by atoms with E-state index in [0.717, 1.165) is 22.2 Å². The van der Waals surface area contributed by atoms with Gasteiger partial charge in [0, 0.05) is 25.1 Å². The van der Waals surface area contributed by atoms with Crippen LogP contribution >= 0.6 is 27.3 Å². The van der Waals surface area contributed by atoms with Crippen LogP contribution in [0.15, 0.2) is 15.2 Å². The lowest BCUT2D eigenvalue weighted by atomic mass is 10.3. The molecule has 0 radical (unpaired) electrons.